The average Bonchev–Trinajstić information content (AvgIpc) is 3.16. The summed E-state index contributed by atoms with van der Waals surface area (Å²) in [4.78, 5) is 33.0. The van der Waals surface area contributed by atoms with Crippen LogP contribution in [0.4, 0.5) is 0 Å². The number of thioether (sulfide) groups is 1. The summed E-state index contributed by atoms with van der Waals surface area (Å²) in [6, 6.07) is 11.8. The maximum atomic E-state index is 13.7. The molecule has 158 valence electrons. The smallest absolute Gasteiger partial charge is 0.276 e. The highest BCUT2D eigenvalue weighted by Crippen LogP contribution is 2.45. The number of carbonyl (C=O) groups excluding carboxylic acids is 2. The number of carbonyl (C=O) groups is 2. The third-order valence-electron chi connectivity index (χ3n) is 5.71. The maximum absolute atomic E-state index is 13.7. The third kappa shape index (κ3) is 3.27. The number of halogens is 1. The minimum atomic E-state index is -0.947. The number of rotatable bonds is 2. The molecule has 1 saturated heterocycles. The number of hydrogen-bond acceptors (Lipinski definition) is 5. The molecule has 0 radical (unpaired) electrons. The monoisotopic (exact) mass is 497 g/mol. The highest BCUT2D eigenvalue weighted by atomic mass is 79.9. The van der Waals surface area contributed by atoms with Gasteiger partial charge in [0.25, 0.3) is 5.91 Å². The standard InChI is InChI=1S/C22H20BrN5O2S/c1-22(2)21(30)25-9-10-27(22)20(29)17-19-18(28(26-17)16-5-3-4-8-24-16)15-11-14(23)7-6-13(15)12-31-19/h3-8,11H,9-10,12H2,1-2H3,(H,25,30). The number of aromatic nitrogens is 3. The molecule has 0 spiro atoms. The topological polar surface area (TPSA) is 80.1 Å². The molecule has 3 aromatic rings. The van der Waals surface area contributed by atoms with E-state index in [4.69, 9.17) is 5.10 Å². The Morgan fingerprint density at radius 3 is 2.87 bits per heavy atom. The van der Waals surface area contributed by atoms with Crippen LogP contribution in [0.3, 0.4) is 0 Å². The van der Waals surface area contributed by atoms with Crippen molar-refractivity contribution >= 4 is 39.5 Å². The van der Waals surface area contributed by atoms with Crippen LogP contribution in [-0.4, -0.2) is 50.1 Å². The van der Waals surface area contributed by atoms with Gasteiger partial charge in [0.15, 0.2) is 11.5 Å². The van der Waals surface area contributed by atoms with Crippen LogP contribution >= 0.6 is 27.7 Å². The SMILES string of the molecule is CC1(C)C(=O)NCCN1C(=O)c1nn(-c2ccccn2)c2c1SCc1ccc(Br)cc1-2. The first-order valence-corrected chi connectivity index (χ1v) is 11.7. The van der Waals surface area contributed by atoms with Crippen molar-refractivity contribution < 1.29 is 9.59 Å². The Kier molecular flexibility index (Phi) is 4.90. The predicted octanol–water partition coefficient (Wildman–Crippen LogP) is 3.65. The summed E-state index contributed by atoms with van der Waals surface area (Å²) in [5.74, 6) is 0.985. The number of nitrogens with one attached hydrogen (secondary N) is 1. The van der Waals surface area contributed by atoms with Gasteiger partial charge in [-0.1, -0.05) is 28.1 Å². The van der Waals surface area contributed by atoms with Crippen molar-refractivity contribution in [2.75, 3.05) is 13.1 Å². The van der Waals surface area contributed by atoms with Gasteiger partial charge in [0.2, 0.25) is 5.91 Å². The number of benzene rings is 1. The second-order valence-electron chi connectivity index (χ2n) is 7.99. The molecule has 0 atom stereocenters. The van der Waals surface area contributed by atoms with Crippen molar-refractivity contribution in [2.24, 2.45) is 0 Å². The molecule has 9 heteroatoms. The Balaban J connectivity index is 1.71. The Bertz CT molecular complexity index is 1210. The summed E-state index contributed by atoms with van der Waals surface area (Å²) >= 11 is 5.17. The molecule has 2 amide bonds. The summed E-state index contributed by atoms with van der Waals surface area (Å²) in [7, 11) is 0. The minimum Gasteiger partial charge on any atom is -0.352 e. The molecule has 1 fully saturated rings. The van der Waals surface area contributed by atoms with E-state index in [0.717, 1.165) is 26.4 Å². The number of pyridine rings is 1. The predicted molar refractivity (Wildman–Crippen MR) is 122 cm³/mol. The summed E-state index contributed by atoms with van der Waals surface area (Å²) < 4.78 is 2.70. The van der Waals surface area contributed by atoms with Gasteiger partial charge in [0.1, 0.15) is 5.54 Å². The van der Waals surface area contributed by atoms with Gasteiger partial charge in [-0.3, -0.25) is 9.59 Å². The molecule has 1 aromatic carbocycles. The second-order valence-corrected chi connectivity index (χ2v) is 9.89. The molecule has 2 aromatic heterocycles. The molecule has 7 nitrogen and oxygen atoms in total. The van der Waals surface area contributed by atoms with E-state index in [1.807, 2.05) is 24.3 Å². The molecular weight excluding hydrogens is 478 g/mol. The molecule has 0 unspecified atom stereocenters. The van der Waals surface area contributed by atoms with Crippen molar-refractivity contribution in [1.82, 2.24) is 25.0 Å². The van der Waals surface area contributed by atoms with E-state index in [1.165, 1.54) is 5.56 Å². The lowest BCUT2D eigenvalue weighted by atomic mass is 9.98. The summed E-state index contributed by atoms with van der Waals surface area (Å²) in [6.07, 6.45) is 1.71. The molecule has 2 aliphatic heterocycles. The van der Waals surface area contributed by atoms with Gasteiger partial charge >= 0.3 is 0 Å². The summed E-state index contributed by atoms with van der Waals surface area (Å²) in [6.45, 7) is 4.40. The zero-order valence-electron chi connectivity index (χ0n) is 17.1. The lowest BCUT2D eigenvalue weighted by molar-refractivity contribution is -0.133. The van der Waals surface area contributed by atoms with Crippen molar-refractivity contribution in [3.8, 4) is 17.1 Å². The lowest BCUT2D eigenvalue weighted by Crippen LogP contribution is -2.63. The van der Waals surface area contributed by atoms with Crippen LogP contribution in [0.5, 0.6) is 0 Å². The van der Waals surface area contributed by atoms with Crippen molar-refractivity contribution in [3.63, 3.8) is 0 Å². The van der Waals surface area contributed by atoms with Gasteiger partial charge in [-0.2, -0.15) is 5.10 Å². The normalized spacial score (nSPS) is 17.0. The molecule has 4 heterocycles. The highest BCUT2D eigenvalue weighted by molar-refractivity contribution is 9.10. The molecule has 5 rings (SSSR count). The van der Waals surface area contributed by atoms with E-state index in [9.17, 15) is 9.59 Å². The fourth-order valence-electron chi connectivity index (χ4n) is 3.99. The van der Waals surface area contributed by atoms with E-state index in [-0.39, 0.29) is 11.8 Å². The van der Waals surface area contributed by atoms with E-state index >= 15 is 0 Å². The summed E-state index contributed by atoms with van der Waals surface area (Å²) in [5, 5.41) is 7.59. The average molecular weight is 498 g/mol. The number of piperazine rings is 1. The second kappa shape index (κ2) is 7.49. The van der Waals surface area contributed by atoms with Crippen molar-refractivity contribution in [2.45, 2.75) is 30.0 Å². The van der Waals surface area contributed by atoms with Gasteiger partial charge in [-0.25, -0.2) is 9.67 Å². The molecule has 0 bridgehead atoms. The number of nitrogens with zero attached hydrogens (tertiary/aromatic N) is 4. The quantitative estimate of drug-likeness (QED) is 0.584. The van der Waals surface area contributed by atoms with Gasteiger partial charge in [0.05, 0.1) is 10.6 Å². The zero-order chi connectivity index (χ0) is 21.8. The minimum absolute atomic E-state index is 0.160. The first-order valence-electron chi connectivity index (χ1n) is 9.94. The fraction of sp³-hybridized carbons (Fsp3) is 0.273. The van der Waals surface area contributed by atoms with Crippen LogP contribution in [0.1, 0.15) is 29.9 Å². The first-order chi connectivity index (χ1) is 14.9. The molecule has 1 N–H and O–H groups in total. The molecular formula is C22H20BrN5O2S. The molecule has 0 saturated carbocycles. The lowest BCUT2D eigenvalue weighted by Gasteiger charge is -2.40. The third-order valence-corrected chi connectivity index (χ3v) is 7.33. The molecule has 2 aliphatic rings. The zero-order valence-corrected chi connectivity index (χ0v) is 19.5. The van der Waals surface area contributed by atoms with Gasteiger partial charge in [0, 0.05) is 35.1 Å². The van der Waals surface area contributed by atoms with E-state index < -0.39 is 5.54 Å². The van der Waals surface area contributed by atoms with Crippen molar-refractivity contribution in [1.29, 1.82) is 0 Å². The van der Waals surface area contributed by atoms with Gasteiger partial charge in [-0.05, 0) is 43.7 Å². The van der Waals surface area contributed by atoms with E-state index in [0.29, 0.717) is 24.6 Å². The number of hydrogen-bond donors (Lipinski definition) is 1. The van der Waals surface area contributed by atoms with Gasteiger partial charge < -0.3 is 10.2 Å². The molecule has 0 aliphatic carbocycles. The van der Waals surface area contributed by atoms with E-state index in [2.05, 4.69) is 38.4 Å². The van der Waals surface area contributed by atoms with Crippen LogP contribution in [-0.2, 0) is 10.5 Å². The Morgan fingerprint density at radius 1 is 1.26 bits per heavy atom. The maximum Gasteiger partial charge on any atom is 0.276 e. The Labute approximate surface area is 192 Å². The fourth-order valence-corrected chi connectivity index (χ4v) is 5.50. The van der Waals surface area contributed by atoms with Crippen LogP contribution in [0, 0.1) is 0 Å². The van der Waals surface area contributed by atoms with E-state index in [1.54, 1.807) is 41.4 Å². The van der Waals surface area contributed by atoms with Gasteiger partial charge in [-0.15, -0.1) is 11.8 Å². The Morgan fingerprint density at radius 2 is 2.10 bits per heavy atom. The highest BCUT2D eigenvalue weighted by Gasteiger charge is 2.43. The number of amides is 2. The van der Waals surface area contributed by atoms with Crippen LogP contribution in [0.25, 0.3) is 17.1 Å². The summed E-state index contributed by atoms with van der Waals surface area (Å²) in [5.41, 5.74) is 2.47. The largest absolute Gasteiger partial charge is 0.352 e. The van der Waals surface area contributed by atoms with Crippen LogP contribution in [0.2, 0.25) is 0 Å². The number of fused-ring (bicyclic) bond motifs is 3. The Hall–Kier alpha value is -2.65. The van der Waals surface area contributed by atoms with Crippen molar-refractivity contribution in [3.05, 3.63) is 58.3 Å². The van der Waals surface area contributed by atoms with Crippen LogP contribution in [0.15, 0.2) is 52.0 Å². The molecule has 31 heavy (non-hydrogen) atoms. The van der Waals surface area contributed by atoms with Crippen LogP contribution < -0.4 is 5.32 Å². The first kappa shape index (κ1) is 20.3.